The van der Waals surface area contributed by atoms with E-state index in [2.05, 4.69) is 26.3 Å². The van der Waals surface area contributed by atoms with Crippen LogP contribution in [0.4, 0.5) is 11.9 Å². The van der Waals surface area contributed by atoms with Crippen LogP contribution in [0.5, 0.6) is 6.01 Å². The Morgan fingerprint density at radius 1 is 1.37 bits per heavy atom. The summed E-state index contributed by atoms with van der Waals surface area (Å²) in [6.07, 6.45) is 0.420. The summed E-state index contributed by atoms with van der Waals surface area (Å²) >= 11 is 0. The fraction of sp³-hybridized carbons (Fsp3) is 0.667. The van der Waals surface area contributed by atoms with Gasteiger partial charge in [-0.2, -0.15) is 20.2 Å². The third-order valence-electron chi connectivity index (χ3n) is 2.33. The fourth-order valence-electron chi connectivity index (χ4n) is 1.45. The van der Waals surface area contributed by atoms with Crippen molar-refractivity contribution < 1.29 is 4.74 Å². The van der Waals surface area contributed by atoms with E-state index in [9.17, 15) is 0 Å². The molecule has 0 aliphatic heterocycles. The molecule has 0 aliphatic carbocycles. The van der Waals surface area contributed by atoms with Gasteiger partial charge in [0.15, 0.2) is 0 Å². The Kier molecular flexibility index (Phi) is 5.79. The van der Waals surface area contributed by atoms with Crippen LogP contribution >= 0.6 is 0 Å². The Labute approximate surface area is 113 Å². The standard InChI is InChI=1S/C12H20N6O/c1-5-18(8-6-7-13)11-15-10(14-4)16-12(17-11)19-9(2)3/h9H,5-6,8H2,1-4H3,(H,14,15,16,17). The largest absolute Gasteiger partial charge is 0.461 e. The number of nitrogens with zero attached hydrogens (tertiary/aromatic N) is 5. The molecule has 1 aromatic heterocycles. The van der Waals surface area contributed by atoms with Crippen LogP contribution in [-0.2, 0) is 0 Å². The van der Waals surface area contributed by atoms with E-state index in [1.807, 2.05) is 25.7 Å². The van der Waals surface area contributed by atoms with Crippen molar-refractivity contribution in [2.75, 3.05) is 30.4 Å². The second-order valence-electron chi connectivity index (χ2n) is 4.15. The highest BCUT2D eigenvalue weighted by Crippen LogP contribution is 2.15. The minimum Gasteiger partial charge on any atom is -0.461 e. The van der Waals surface area contributed by atoms with Crippen LogP contribution in [0.15, 0.2) is 0 Å². The summed E-state index contributed by atoms with van der Waals surface area (Å²) in [6, 6.07) is 2.41. The van der Waals surface area contributed by atoms with E-state index in [0.29, 0.717) is 30.9 Å². The van der Waals surface area contributed by atoms with E-state index in [0.717, 1.165) is 6.54 Å². The van der Waals surface area contributed by atoms with Gasteiger partial charge in [-0.25, -0.2) is 0 Å². The molecule has 0 aliphatic rings. The van der Waals surface area contributed by atoms with E-state index >= 15 is 0 Å². The Bertz CT molecular complexity index is 442. The van der Waals surface area contributed by atoms with Gasteiger partial charge in [0.05, 0.1) is 18.6 Å². The summed E-state index contributed by atoms with van der Waals surface area (Å²) < 4.78 is 5.50. The van der Waals surface area contributed by atoms with Gasteiger partial charge in [0, 0.05) is 20.1 Å². The average molecular weight is 264 g/mol. The third-order valence-corrected chi connectivity index (χ3v) is 2.33. The average Bonchev–Trinajstić information content (AvgIpc) is 2.38. The normalized spacial score (nSPS) is 10.1. The lowest BCUT2D eigenvalue weighted by Crippen LogP contribution is -2.26. The van der Waals surface area contributed by atoms with Crippen LogP contribution in [0, 0.1) is 11.3 Å². The first-order valence-corrected chi connectivity index (χ1v) is 6.33. The fourth-order valence-corrected chi connectivity index (χ4v) is 1.45. The second-order valence-corrected chi connectivity index (χ2v) is 4.15. The van der Waals surface area contributed by atoms with Crippen molar-refractivity contribution >= 4 is 11.9 Å². The van der Waals surface area contributed by atoms with Crippen LogP contribution in [0.3, 0.4) is 0 Å². The zero-order chi connectivity index (χ0) is 14.3. The van der Waals surface area contributed by atoms with Crippen LogP contribution < -0.4 is 15.0 Å². The molecule has 0 fully saturated rings. The van der Waals surface area contributed by atoms with Crippen molar-refractivity contribution in [2.24, 2.45) is 0 Å². The first-order chi connectivity index (χ1) is 9.10. The SMILES string of the molecule is CCN(CCC#N)c1nc(NC)nc(OC(C)C)n1. The van der Waals surface area contributed by atoms with E-state index < -0.39 is 0 Å². The molecule has 7 nitrogen and oxygen atoms in total. The lowest BCUT2D eigenvalue weighted by Gasteiger charge is -2.20. The number of anilines is 2. The lowest BCUT2D eigenvalue weighted by molar-refractivity contribution is 0.222. The molecule has 0 aromatic carbocycles. The van der Waals surface area contributed by atoms with Crippen molar-refractivity contribution in [1.29, 1.82) is 5.26 Å². The third kappa shape index (κ3) is 4.58. The van der Waals surface area contributed by atoms with Gasteiger partial charge >= 0.3 is 6.01 Å². The summed E-state index contributed by atoms with van der Waals surface area (Å²) in [4.78, 5) is 14.6. The molecule has 1 N–H and O–H groups in total. The highest BCUT2D eigenvalue weighted by atomic mass is 16.5. The van der Waals surface area contributed by atoms with Gasteiger partial charge in [0.25, 0.3) is 0 Å². The van der Waals surface area contributed by atoms with Gasteiger partial charge in [-0.05, 0) is 20.8 Å². The molecular weight excluding hydrogens is 244 g/mol. The maximum atomic E-state index is 8.67. The summed E-state index contributed by atoms with van der Waals surface area (Å²) in [7, 11) is 1.74. The number of ether oxygens (including phenoxy) is 1. The summed E-state index contributed by atoms with van der Waals surface area (Å²) in [5, 5.41) is 11.5. The quantitative estimate of drug-likeness (QED) is 0.797. The maximum Gasteiger partial charge on any atom is 0.323 e. The number of nitrogens with one attached hydrogen (secondary N) is 1. The molecule has 0 unspecified atom stereocenters. The van der Waals surface area contributed by atoms with Crippen molar-refractivity contribution in [2.45, 2.75) is 33.3 Å². The van der Waals surface area contributed by atoms with E-state index in [1.165, 1.54) is 0 Å². The Morgan fingerprint density at radius 2 is 2.11 bits per heavy atom. The zero-order valence-electron chi connectivity index (χ0n) is 11.8. The van der Waals surface area contributed by atoms with Gasteiger partial charge in [-0.3, -0.25) is 0 Å². The topological polar surface area (TPSA) is 87.0 Å². The minimum absolute atomic E-state index is 0.00542. The van der Waals surface area contributed by atoms with E-state index in [4.69, 9.17) is 10.00 Å². The smallest absolute Gasteiger partial charge is 0.323 e. The lowest BCUT2D eigenvalue weighted by atomic mass is 10.4. The number of hydrogen-bond acceptors (Lipinski definition) is 7. The molecule has 0 spiro atoms. The second kappa shape index (κ2) is 7.36. The summed E-state index contributed by atoms with van der Waals surface area (Å²) in [6.45, 7) is 7.12. The summed E-state index contributed by atoms with van der Waals surface area (Å²) in [5.41, 5.74) is 0. The molecule has 0 amide bonds. The van der Waals surface area contributed by atoms with Gasteiger partial charge < -0.3 is 15.0 Å². The molecule has 1 heterocycles. The van der Waals surface area contributed by atoms with Crippen LogP contribution in [-0.4, -0.2) is 41.2 Å². The number of hydrogen-bond donors (Lipinski definition) is 1. The molecule has 0 bridgehead atoms. The molecule has 104 valence electrons. The van der Waals surface area contributed by atoms with Crippen molar-refractivity contribution in [3.8, 4) is 12.1 Å². The number of aromatic nitrogens is 3. The number of rotatable bonds is 7. The Morgan fingerprint density at radius 3 is 2.63 bits per heavy atom. The van der Waals surface area contributed by atoms with Crippen molar-refractivity contribution in [1.82, 2.24) is 15.0 Å². The zero-order valence-corrected chi connectivity index (χ0v) is 11.8. The molecule has 0 saturated carbocycles. The maximum absolute atomic E-state index is 8.67. The van der Waals surface area contributed by atoms with Gasteiger partial charge in [0.1, 0.15) is 0 Å². The molecule has 1 rings (SSSR count). The predicted octanol–water partition coefficient (Wildman–Crippen LogP) is 1.44. The monoisotopic (exact) mass is 264 g/mol. The molecule has 7 heteroatoms. The predicted molar refractivity (Wildman–Crippen MR) is 73.3 cm³/mol. The molecule has 0 radical (unpaired) electrons. The summed E-state index contributed by atoms with van der Waals surface area (Å²) in [5.74, 6) is 0.976. The van der Waals surface area contributed by atoms with Crippen LogP contribution in [0.2, 0.25) is 0 Å². The first kappa shape index (κ1) is 15.0. The Balaban J connectivity index is 3.00. The first-order valence-electron chi connectivity index (χ1n) is 6.33. The minimum atomic E-state index is -0.00542. The molecular formula is C12H20N6O. The highest BCUT2D eigenvalue weighted by molar-refractivity contribution is 5.38. The van der Waals surface area contributed by atoms with Gasteiger partial charge in [-0.15, -0.1) is 0 Å². The molecule has 0 atom stereocenters. The van der Waals surface area contributed by atoms with Crippen molar-refractivity contribution in [3.05, 3.63) is 0 Å². The van der Waals surface area contributed by atoms with E-state index in [1.54, 1.807) is 7.05 Å². The number of nitriles is 1. The van der Waals surface area contributed by atoms with Crippen molar-refractivity contribution in [3.63, 3.8) is 0 Å². The van der Waals surface area contributed by atoms with Gasteiger partial charge in [0.2, 0.25) is 11.9 Å². The molecule has 0 saturated heterocycles. The van der Waals surface area contributed by atoms with Gasteiger partial charge in [-0.1, -0.05) is 0 Å². The molecule has 1 aromatic rings. The van der Waals surface area contributed by atoms with Crippen LogP contribution in [0.1, 0.15) is 27.2 Å². The van der Waals surface area contributed by atoms with Crippen LogP contribution in [0.25, 0.3) is 0 Å². The van der Waals surface area contributed by atoms with E-state index in [-0.39, 0.29) is 6.10 Å². The Hall–Kier alpha value is -2.10. The molecule has 19 heavy (non-hydrogen) atoms. The highest BCUT2D eigenvalue weighted by Gasteiger charge is 2.13.